The van der Waals surface area contributed by atoms with Crippen LogP contribution in [0.5, 0.6) is 0 Å². The van der Waals surface area contributed by atoms with E-state index in [1.807, 2.05) is 0 Å². The number of benzene rings is 2. The molecule has 0 aliphatic carbocycles. The van der Waals surface area contributed by atoms with Crippen molar-refractivity contribution in [2.45, 2.75) is 20.0 Å². The van der Waals surface area contributed by atoms with Gasteiger partial charge in [-0.3, -0.25) is 9.59 Å². The standard InChI is InChI=1S/C20H16F3N3O2/c1-12-7-6-10-15(20(21,22)23)17(12)24-19(28)18-16(27)11-13(2)26(25-18)14-8-4-3-5-9-14/h3-11H,1-2H3,(H,24,28). The second kappa shape index (κ2) is 7.30. The smallest absolute Gasteiger partial charge is 0.320 e. The van der Waals surface area contributed by atoms with E-state index in [9.17, 15) is 22.8 Å². The van der Waals surface area contributed by atoms with Crippen LogP contribution >= 0.6 is 0 Å². The molecular weight excluding hydrogens is 371 g/mol. The summed E-state index contributed by atoms with van der Waals surface area (Å²) in [6, 6.07) is 13.6. The number of rotatable bonds is 3. The number of nitrogens with one attached hydrogen (secondary N) is 1. The molecule has 0 aliphatic rings. The van der Waals surface area contributed by atoms with E-state index in [1.165, 1.54) is 29.8 Å². The van der Waals surface area contributed by atoms with Crippen molar-refractivity contribution in [3.63, 3.8) is 0 Å². The molecule has 0 radical (unpaired) electrons. The van der Waals surface area contributed by atoms with Crippen molar-refractivity contribution < 1.29 is 18.0 Å². The van der Waals surface area contributed by atoms with Crippen LogP contribution in [0.25, 0.3) is 5.69 Å². The first-order chi connectivity index (χ1) is 13.2. The molecular formula is C20H16F3N3O2. The zero-order chi connectivity index (χ0) is 20.5. The Labute approximate surface area is 158 Å². The molecule has 0 saturated carbocycles. The summed E-state index contributed by atoms with van der Waals surface area (Å²) in [7, 11) is 0. The van der Waals surface area contributed by atoms with E-state index in [2.05, 4.69) is 10.4 Å². The molecule has 28 heavy (non-hydrogen) atoms. The molecule has 1 amide bonds. The van der Waals surface area contributed by atoms with Gasteiger partial charge in [-0.15, -0.1) is 0 Å². The molecule has 0 atom stereocenters. The number of hydrogen-bond acceptors (Lipinski definition) is 3. The third-order valence-electron chi connectivity index (χ3n) is 4.14. The number of anilines is 1. The van der Waals surface area contributed by atoms with Gasteiger partial charge in [0.25, 0.3) is 5.91 Å². The fraction of sp³-hybridized carbons (Fsp3) is 0.150. The van der Waals surface area contributed by atoms with Crippen molar-refractivity contribution in [2.75, 3.05) is 5.32 Å². The number of aromatic nitrogens is 2. The lowest BCUT2D eigenvalue weighted by Crippen LogP contribution is -2.28. The third-order valence-corrected chi connectivity index (χ3v) is 4.14. The Bertz CT molecular complexity index is 1090. The quantitative estimate of drug-likeness (QED) is 0.735. The van der Waals surface area contributed by atoms with Crippen molar-refractivity contribution in [3.8, 4) is 5.69 Å². The van der Waals surface area contributed by atoms with Gasteiger partial charge in [0.1, 0.15) is 0 Å². The highest BCUT2D eigenvalue weighted by molar-refractivity contribution is 6.03. The number of carbonyl (C=O) groups excluding carboxylic acids is 1. The predicted octanol–water partition coefficient (Wildman–Crippen LogP) is 4.12. The average molecular weight is 387 g/mol. The molecule has 144 valence electrons. The molecule has 0 aliphatic heterocycles. The van der Waals surface area contributed by atoms with Crippen LogP contribution in [0.4, 0.5) is 18.9 Å². The van der Waals surface area contributed by atoms with Gasteiger partial charge in [-0.05, 0) is 37.6 Å². The fourth-order valence-corrected chi connectivity index (χ4v) is 2.78. The highest BCUT2D eigenvalue weighted by Crippen LogP contribution is 2.36. The van der Waals surface area contributed by atoms with Gasteiger partial charge in [-0.2, -0.15) is 18.3 Å². The maximum absolute atomic E-state index is 13.3. The van der Waals surface area contributed by atoms with Crippen LogP contribution in [-0.4, -0.2) is 15.7 Å². The molecule has 5 nitrogen and oxygen atoms in total. The Kier molecular flexibility index (Phi) is 5.04. The molecule has 8 heteroatoms. The number of amides is 1. The number of hydrogen-bond donors (Lipinski definition) is 1. The predicted molar refractivity (Wildman–Crippen MR) is 98.7 cm³/mol. The molecule has 0 saturated heterocycles. The van der Waals surface area contributed by atoms with Gasteiger partial charge in [-0.1, -0.05) is 30.3 Å². The van der Waals surface area contributed by atoms with Gasteiger partial charge in [0.2, 0.25) is 5.43 Å². The van der Waals surface area contributed by atoms with E-state index < -0.39 is 34.5 Å². The van der Waals surface area contributed by atoms with Crippen LogP contribution in [0.15, 0.2) is 59.4 Å². The van der Waals surface area contributed by atoms with Gasteiger partial charge in [0.15, 0.2) is 5.69 Å². The topological polar surface area (TPSA) is 64.0 Å². The molecule has 1 heterocycles. The Morgan fingerprint density at radius 3 is 2.36 bits per heavy atom. The number of nitrogens with zero attached hydrogens (tertiary/aromatic N) is 2. The molecule has 3 aromatic rings. The summed E-state index contributed by atoms with van der Waals surface area (Å²) in [5.41, 5.74) is -1.24. The van der Waals surface area contributed by atoms with Crippen LogP contribution in [-0.2, 0) is 6.18 Å². The highest BCUT2D eigenvalue weighted by atomic mass is 19.4. The molecule has 0 bridgehead atoms. The second-order valence-electron chi connectivity index (χ2n) is 6.20. The zero-order valence-electron chi connectivity index (χ0n) is 15.0. The van der Waals surface area contributed by atoms with Crippen molar-refractivity contribution in [1.82, 2.24) is 9.78 Å². The van der Waals surface area contributed by atoms with Gasteiger partial charge in [-0.25, -0.2) is 4.68 Å². The summed E-state index contributed by atoms with van der Waals surface area (Å²) in [6.45, 7) is 3.09. The van der Waals surface area contributed by atoms with Crippen LogP contribution in [0.1, 0.15) is 27.3 Å². The summed E-state index contributed by atoms with van der Waals surface area (Å²) in [4.78, 5) is 24.9. The minimum Gasteiger partial charge on any atom is -0.320 e. The SMILES string of the molecule is Cc1cccc(C(F)(F)F)c1NC(=O)c1nn(-c2ccccc2)c(C)cc1=O. The Balaban J connectivity index is 2.05. The number of carbonyl (C=O) groups is 1. The first kappa shape index (κ1) is 19.3. The van der Waals surface area contributed by atoms with Gasteiger partial charge in [0.05, 0.1) is 16.9 Å². The van der Waals surface area contributed by atoms with E-state index in [0.29, 0.717) is 11.4 Å². The van der Waals surface area contributed by atoms with Gasteiger partial charge < -0.3 is 5.32 Å². The summed E-state index contributed by atoms with van der Waals surface area (Å²) >= 11 is 0. The minimum absolute atomic E-state index is 0.221. The first-order valence-electron chi connectivity index (χ1n) is 8.33. The third kappa shape index (κ3) is 3.80. The number of aryl methyl sites for hydroxylation is 2. The summed E-state index contributed by atoms with van der Waals surface area (Å²) in [6.07, 6.45) is -4.65. The number of para-hydroxylation sites is 2. The molecule has 1 N–H and O–H groups in total. The Hall–Kier alpha value is -3.42. The van der Waals surface area contributed by atoms with Gasteiger partial charge in [0, 0.05) is 11.8 Å². The molecule has 0 spiro atoms. The number of halogens is 3. The average Bonchev–Trinajstić information content (AvgIpc) is 2.63. The lowest BCUT2D eigenvalue weighted by molar-refractivity contribution is -0.136. The summed E-state index contributed by atoms with van der Waals surface area (Å²) in [5, 5.41) is 6.28. The molecule has 0 unspecified atom stereocenters. The highest BCUT2D eigenvalue weighted by Gasteiger charge is 2.34. The molecule has 2 aromatic carbocycles. The largest absolute Gasteiger partial charge is 0.418 e. The van der Waals surface area contributed by atoms with E-state index in [4.69, 9.17) is 0 Å². The van der Waals surface area contributed by atoms with Gasteiger partial charge >= 0.3 is 6.18 Å². The van der Waals surface area contributed by atoms with E-state index in [0.717, 1.165) is 6.07 Å². The molecule has 1 aromatic heterocycles. The fourth-order valence-electron chi connectivity index (χ4n) is 2.78. The van der Waals surface area contributed by atoms with E-state index in [1.54, 1.807) is 37.3 Å². The Morgan fingerprint density at radius 2 is 1.71 bits per heavy atom. The van der Waals surface area contributed by atoms with Crippen molar-refractivity contribution >= 4 is 11.6 Å². The second-order valence-corrected chi connectivity index (χ2v) is 6.20. The van der Waals surface area contributed by atoms with E-state index in [-0.39, 0.29) is 5.56 Å². The lowest BCUT2D eigenvalue weighted by Gasteiger charge is -2.16. The summed E-state index contributed by atoms with van der Waals surface area (Å²) < 4.78 is 41.2. The van der Waals surface area contributed by atoms with Crippen molar-refractivity contribution in [3.05, 3.63) is 87.3 Å². The van der Waals surface area contributed by atoms with Crippen LogP contribution in [0.3, 0.4) is 0 Å². The lowest BCUT2D eigenvalue weighted by atomic mass is 10.1. The Morgan fingerprint density at radius 1 is 1.04 bits per heavy atom. The van der Waals surface area contributed by atoms with Crippen LogP contribution in [0.2, 0.25) is 0 Å². The monoisotopic (exact) mass is 387 g/mol. The maximum Gasteiger partial charge on any atom is 0.418 e. The maximum atomic E-state index is 13.3. The minimum atomic E-state index is -4.65. The molecule has 0 fully saturated rings. The van der Waals surface area contributed by atoms with Crippen LogP contribution < -0.4 is 10.7 Å². The van der Waals surface area contributed by atoms with Crippen molar-refractivity contribution in [2.24, 2.45) is 0 Å². The number of alkyl halides is 3. The molecule has 3 rings (SSSR count). The van der Waals surface area contributed by atoms with Crippen molar-refractivity contribution in [1.29, 1.82) is 0 Å². The first-order valence-corrected chi connectivity index (χ1v) is 8.33. The zero-order valence-corrected chi connectivity index (χ0v) is 15.0. The van der Waals surface area contributed by atoms with E-state index >= 15 is 0 Å². The normalized spacial score (nSPS) is 11.3. The summed E-state index contributed by atoms with van der Waals surface area (Å²) in [5.74, 6) is -1.01. The van der Waals surface area contributed by atoms with Crippen LogP contribution in [0, 0.1) is 13.8 Å².